The fourth-order valence-corrected chi connectivity index (χ4v) is 3.56. The maximum absolute atomic E-state index is 11.1. The summed E-state index contributed by atoms with van der Waals surface area (Å²) in [5.41, 5.74) is 8.28. The van der Waals surface area contributed by atoms with Crippen LogP contribution in [0.1, 0.15) is 44.5 Å². The van der Waals surface area contributed by atoms with Crippen LogP contribution in [0.25, 0.3) is 21.9 Å². The summed E-state index contributed by atoms with van der Waals surface area (Å²) in [6, 6.07) is 8.24. The maximum atomic E-state index is 11.1. The zero-order valence-electron chi connectivity index (χ0n) is 15.4. The van der Waals surface area contributed by atoms with Crippen LogP contribution in [0.15, 0.2) is 30.5 Å². The fourth-order valence-electron chi connectivity index (χ4n) is 3.56. The summed E-state index contributed by atoms with van der Waals surface area (Å²) in [7, 11) is 1.71. The molecule has 1 unspecified atom stereocenters. The van der Waals surface area contributed by atoms with Crippen LogP contribution >= 0.6 is 0 Å². The van der Waals surface area contributed by atoms with E-state index in [0.717, 1.165) is 53.4 Å². The highest BCUT2D eigenvalue weighted by Gasteiger charge is 2.21. The number of amides is 1. The van der Waals surface area contributed by atoms with E-state index in [4.69, 9.17) is 15.5 Å². The zero-order valence-corrected chi connectivity index (χ0v) is 15.4. The Hall–Kier alpha value is -2.47. The van der Waals surface area contributed by atoms with Crippen LogP contribution in [0.2, 0.25) is 0 Å². The predicted octanol–water partition coefficient (Wildman–Crippen LogP) is 3.38. The molecule has 0 radical (unpaired) electrons. The minimum Gasteiger partial charge on any atom is -0.383 e. The van der Waals surface area contributed by atoms with Crippen molar-refractivity contribution in [2.75, 3.05) is 13.7 Å². The minimum atomic E-state index is -0.264. The van der Waals surface area contributed by atoms with E-state index in [0.29, 0.717) is 13.0 Å². The van der Waals surface area contributed by atoms with Gasteiger partial charge in [0.2, 0.25) is 5.91 Å². The number of imidazole rings is 1. The van der Waals surface area contributed by atoms with E-state index in [-0.39, 0.29) is 11.9 Å². The molecule has 0 aliphatic heterocycles. The number of fused-ring (bicyclic) bond motifs is 3. The smallest absolute Gasteiger partial charge is 0.217 e. The van der Waals surface area contributed by atoms with E-state index in [1.807, 2.05) is 24.4 Å². The van der Waals surface area contributed by atoms with Crippen molar-refractivity contribution in [2.45, 2.75) is 45.1 Å². The minimum absolute atomic E-state index is 0.108. The Labute approximate surface area is 153 Å². The van der Waals surface area contributed by atoms with Crippen molar-refractivity contribution in [1.82, 2.24) is 14.5 Å². The number of aryl methyl sites for hydroxylation is 1. The number of rotatable bonds is 9. The summed E-state index contributed by atoms with van der Waals surface area (Å²) >= 11 is 0. The number of carbonyl (C=O) groups excluding carboxylic acids is 1. The van der Waals surface area contributed by atoms with Gasteiger partial charge in [0.1, 0.15) is 11.3 Å². The van der Waals surface area contributed by atoms with Crippen LogP contribution in [0, 0.1) is 0 Å². The Morgan fingerprint density at radius 3 is 2.85 bits per heavy atom. The third-order valence-electron chi connectivity index (χ3n) is 4.65. The molecule has 0 fully saturated rings. The number of hydrogen-bond acceptors (Lipinski definition) is 4. The van der Waals surface area contributed by atoms with Crippen molar-refractivity contribution in [3.63, 3.8) is 0 Å². The molecule has 1 aromatic carbocycles. The van der Waals surface area contributed by atoms with Crippen LogP contribution in [-0.2, 0) is 16.0 Å². The number of benzene rings is 1. The first-order valence-electron chi connectivity index (χ1n) is 9.17. The molecular weight excluding hydrogens is 328 g/mol. The van der Waals surface area contributed by atoms with Gasteiger partial charge >= 0.3 is 0 Å². The number of para-hydroxylation sites is 1. The summed E-state index contributed by atoms with van der Waals surface area (Å²) in [5, 5.41) is 1.09. The highest BCUT2D eigenvalue weighted by molar-refractivity contribution is 6.02. The second-order valence-corrected chi connectivity index (χ2v) is 6.62. The molecule has 26 heavy (non-hydrogen) atoms. The van der Waals surface area contributed by atoms with Crippen molar-refractivity contribution in [3.8, 4) is 0 Å². The van der Waals surface area contributed by atoms with Gasteiger partial charge in [-0.05, 0) is 25.3 Å². The SMILES string of the molecule is CCCc1nc2cnc3ccccc3c2n1C(CCCC(N)=O)COC. The topological polar surface area (TPSA) is 83.0 Å². The Kier molecular flexibility index (Phi) is 5.83. The molecule has 0 bridgehead atoms. The quantitative estimate of drug-likeness (QED) is 0.638. The number of pyridine rings is 1. The van der Waals surface area contributed by atoms with Crippen LogP contribution in [-0.4, -0.2) is 34.2 Å². The monoisotopic (exact) mass is 354 g/mol. The van der Waals surface area contributed by atoms with Gasteiger partial charge in [0, 0.05) is 25.3 Å². The predicted molar refractivity (Wildman–Crippen MR) is 103 cm³/mol. The van der Waals surface area contributed by atoms with Crippen LogP contribution in [0.3, 0.4) is 0 Å². The van der Waals surface area contributed by atoms with E-state index < -0.39 is 0 Å². The molecule has 2 N–H and O–H groups in total. The van der Waals surface area contributed by atoms with E-state index in [2.05, 4.69) is 22.5 Å². The third-order valence-corrected chi connectivity index (χ3v) is 4.65. The van der Waals surface area contributed by atoms with E-state index in [1.54, 1.807) is 7.11 Å². The van der Waals surface area contributed by atoms with Gasteiger partial charge < -0.3 is 15.0 Å². The second kappa shape index (κ2) is 8.27. The number of aromatic nitrogens is 3. The van der Waals surface area contributed by atoms with Crippen molar-refractivity contribution < 1.29 is 9.53 Å². The number of carbonyl (C=O) groups is 1. The maximum Gasteiger partial charge on any atom is 0.217 e. The van der Waals surface area contributed by atoms with E-state index in [9.17, 15) is 4.79 Å². The van der Waals surface area contributed by atoms with Gasteiger partial charge in [-0.2, -0.15) is 0 Å². The third kappa shape index (κ3) is 3.70. The number of nitrogens with zero attached hydrogens (tertiary/aromatic N) is 3. The molecule has 0 saturated carbocycles. The van der Waals surface area contributed by atoms with Gasteiger partial charge in [-0.25, -0.2) is 4.98 Å². The van der Waals surface area contributed by atoms with Crippen LogP contribution in [0.5, 0.6) is 0 Å². The van der Waals surface area contributed by atoms with Gasteiger partial charge in [-0.3, -0.25) is 9.78 Å². The molecule has 3 rings (SSSR count). The first-order chi connectivity index (χ1) is 12.7. The number of nitrogens with two attached hydrogens (primary N) is 1. The molecule has 138 valence electrons. The average Bonchev–Trinajstić information content (AvgIpc) is 2.99. The molecule has 0 aliphatic carbocycles. The highest BCUT2D eigenvalue weighted by atomic mass is 16.5. The molecule has 2 heterocycles. The molecule has 0 spiro atoms. The van der Waals surface area contributed by atoms with Crippen molar-refractivity contribution in [2.24, 2.45) is 5.73 Å². The van der Waals surface area contributed by atoms with Crippen molar-refractivity contribution >= 4 is 27.8 Å². The summed E-state index contributed by atoms with van der Waals surface area (Å²) in [6.45, 7) is 2.72. The van der Waals surface area contributed by atoms with E-state index >= 15 is 0 Å². The van der Waals surface area contributed by atoms with Gasteiger partial charge in [-0.15, -0.1) is 0 Å². The molecule has 2 aromatic heterocycles. The number of ether oxygens (including phenoxy) is 1. The first-order valence-corrected chi connectivity index (χ1v) is 9.17. The second-order valence-electron chi connectivity index (χ2n) is 6.62. The normalized spacial score (nSPS) is 12.7. The summed E-state index contributed by atoms with van der Waals surface area (Å²) in [6.07, 6.45) is 5.68. The molecule has 0 saturated heterocycles. The fraction of sp³-hybridized carbons (Fsp3) is 0.450. The lowest BCUT2D eigenvalue weighted by atomic mass is 10.1. The standard InChI is InChI=1S/C20H26N4O2/c1-3-7-19-23-17-12-22-16-10-5-4-9-15(16)20(17)24(19)14(13-26-2)8-6-11-18(21)25/h4-5,9-10,12,14H,3,6-8,11,13H2,1-2H3,(H2,21,25). The largest absolute Gasteiger partial charge is 0.383 e. The Morgan fingerprint density at radius 1 is 1.31 bits per heavy atom. The van der Waals surface area contributed by atoms with Crippen molar-refractivity contribution in [1.29, 1.82) is 0 Å². The van der Waals surface area contributed by atoms with Crippen LogP contribution < -0.4 is 5.73 Å². The first kappa shape index (κ1) is 18.3. The molecule has 6 nitrogen and oxygen atoms in total. The van der Waals surface area contributed by atoms with E-state index in [1.165, 1.54) is 0 Å². The lowest BCUT2D eigenvalue weighted by molar-refractivity contribution is -0.118. The summed E-state index contributed by atoms with van der Waals surface area (Å²) in [4.78, 5) is 20.5. The molecule has 0 aliphatic rings. The Balaban J connectivity index is 2.14. The van der Waals surface area contributed by atoms with Crippen molar-refractivity contribution in [3.05, 3.63) is 36.3 Å². The number of methoxy groups -OCH3 is 1. The lowest BCUT2D eigenvalue weighted by Gasteiger charge is -2.21. The zero-order chi connectivity index (χ0) is 18.5. The average molecular weight is 354 g/mol. The molecule has 1 atom stereocenters. The summed E-state index contributed by atoms with van der Waals surface area (Å²) in [5.74, 6) is 0.780. The van der Waals surface area contributed by atoms with Gasteiger partial charge in [0.15, 0.2) is 0 Å². The molecule has 1 amide bonds. The molecule has 6 heteroatoms. The van der Waals surface area contributed by atoms with Crippen LogP contribution in [0.4, 0.5) is 0 Å². The lowest BCUT2D eigenvalue weighted by Crippen LogP contribution is -2.19. The number of hydrogen-bond donors (Lipinski definition) is 1. The molecular formula is C20H26N4O2. The molecule has 3 aromatic rings. The van der Waals surface area contributed by atoms with Gasteiger partial charge in [0.25, 0.3) is 0 Å². The van der Waals surface area contributed by atoms with Gasteiger partial charge in [0.05, 0.1) is 29.9 Å². The Bertz CT molecular complexity index is 903. The number of primary amides is 1. The summed E-state index contributed by atoms with van der Waals surface area (Å²) < 4.78 is 7.80. The highest BCUT2D eigenvalue weighted by Crippen LogP contribution is 2.30. The van der Waals surface area contributed by atoms with Gasteiger partial charge in [-0.1, -0.05) is 25.1 Å². The Morgan fingerprint density at radius 2 is 2.12 bits per heavy atom.